The van der Waals surface area contributed by atoms with E-state index in [4.69, 9.17) is 4.74 Å². The fourth-order valence-corrected chi connectivity index (χ4v) is 4.16. The Bertz CT molecular complexity index is 662. The van der Waals surface area contributed by atoms with E-state index in [1.807, 2.05) is 11.2 Å². The minimum atomic E-state index is -0.518. The number of nitrogens with one attached hydrogen (secondary N) is 1. The predicted octanol–water partition coefficient (Wildman–Crippen LogP) is 2.46. The van der Waals surface area contributed by atoms with Gasteiger partial charge in [-0.1, -0.05) is 12.1 Å². The average molecular weight is 380 g/mol. The Kier molecular flexibility index (Phi) is 6.19. The van der Waals surface area contributed by atoms with Gasteiger partial charge < -0.3 is 15.0 Å². The summed E-state index contributed by atoms with van der Waals surface area (Å²) in [4.78, 5) is 26.0. The number of piperidine rings is 1. The second kappa shape index (κ2) is 8.39. The van der Waals surface area contributed by atoms with Crippen molar-refractivity contribution >= 4 is 23.6 Å². The molecule has 2 saturated heterocycles. The van der Waals surface area contributed by atoms with Crippen LogP contribution in [0.4, 0.5) is 4.39 Å². The minimum absolute atomic E-state index is 0.0563. The van der Waals surface area contributed by atoms with Crippen LogP contribution in [0.25, 0.3) is 0 Å². The molecule has 2 heterocycles. The van der Waals surface area contributed by atoms with Crippen LogP contribution in [0.2, 0.25) is 0 Å². The number of hydrogen-bond donors (Lipinski definition) is 1. The van der Waals surface area contributed by atoms with Crippen molar-refractivity contribution in [2.75, 3.05) is 31.6 Å². The molecule has 1 N–H and O–H groups in total. The first-order chi connectivity index (χ1) is 12.5. The summed E-state index contributed by atoms with van der Waals surface area (Å²) in [5.41, 5.74) is -0.121. The van der Waals surface area contributed by atoms with Crippen LogP contribution in [0.5, 0.6) is 0 Å². The molecule has 0 aliphatic carbocycles. The third-order valence-electron chi connectivity index (χ3n) is 5.24. The fourth-order valence-electron chi connectivity index (χ4n) is 3.73. The molecule has 26 heavy (non-hydrogen) atoms. The lowest BCUT2D eigenvalue weighted by Gasteiger charge is -2.39. The summed E-state index contributed by atoms with van der Waals surface area (Å²) in [7, 11) is 0. The maximum atomic E-state index is 13.7. The molecular formula is C19H25FN2O3S. The molecule has 1 aromatic rings. The van der Waals surface area contributed by atoms with Gasteiger partial charge in [-0.15, -0.1) is 0 Å². The number of nitrogens with zero attached hydrogens (tertiary/aromatic N) is 1. The summed E-state index contributed by atoms with van der Waals surface area (Å²) in [5.74, 6) is -0.210. The van der Waals surface area contributed by atoms with E-state index in [-0.39, 0.29) is 23.2 Å². The molecule has 1 aromatic carbocycles. The third-order valence-corrected chi connectivity index (χ3v) is 5.78. The summed E-state index contributed by atoms with van der Waals surface area (Å²) in [6.45, 7) is 1.84. The van der Waals surface area contributed by atoms with Gasteiger partial charge in [-0.05, 0) is 44.1 Å². The summed E-state index contributed by atoms with van der Waals surface area (Å²) in [5, 5.41) is 2.78. The van der Waals surface area contributed by atoms with Gasteiger partial charge in [-0.2, -0.15) is 11.8 Å². The molecule has 0 saturated carbocycles. The Balaban J connectivity index is 1.47. The van der Waals surface area contributed by atoms with Gasteiger partial charge in [0.05, 0.1) is 23.0 Å². The van der Waals surface area contributed by atoms with Crippen molar-refractivity contribution in [1.29, 1.82) is 0 Å². The molecule has 0 bridgehead atoms. The van der Waals surface area contributed by atoms with Crippen LogP contribution in [-0.2, 0) is 9.53 Å². The number of amides is 2. The number of rotatable bonds is 5. The molecule has 0 radical (unpaired) electrons. The van der Waals surface area contributed by atoms with Crippen LogP contribution < -0.4 is 5.32 Å². The second-order valence-corrected chi connectivity index (χ2v) is 7.83. The molecule has 1 unspecified atom stereocenters. The van der Waals surface area contributed by atoms with E-state index in [0.29, 0.717) is 12.3 Å². The molecule has 7 heteroatoms. The van der Waals surface area contributed by atoms with E-state index in [9.17, 15) is 14.0 Å². The molecule has 2 fully saturated rings. The van der Waals surface area contributed by atoms with Crippen molar-refractivity contribution in [2.24, 2.45) is 0 Å². The van der Waals surface area contributed by atoms with E-state index in [0.717, 1.165) is 38.8 Å². The smallest absolute Gasteiger partial charge is 0.254 e. The van der Waals surface area contributed by atoms with Crippen LogP contribution in [0.15, 0.2) is 24.3 Å². The highest BCUT2D eigenvalue weighted by Crippen LogP contribution is 2.38. The molecular weight excluding hydrogens is 355 g/mol. The van der Waals surface area contributed by atoms with Gasteiger partial charge >= 0.3 is 0 Å². The van der Waals surface area contributed by atoms with Gasteiger partial charge in [-0.25, -0.2) is 4.39 Å². The molecule has 2 aliphatic rings. The maximum Gasteiger partial charge on any atom is 0.254 e. The van der Waals surface area contributed by atoms with E-state index >= 15 is 0 Å². The first-order valence-corrected chi connectivity index (χ1v) is 10.4. The van der Waals surface area contributed by atoms with E-state index in [2.05, 4.69) is 5.32 Å². The molecule has 1 atom stereocenters. The van der Waals surface area contributed by atoms with Gasteiger partial charge in [0, 0.05) is 19.6 Å². The normalized spacial score (nSPS) is 21.8. The summed E-state index contributed by atoms with van der Waals surface area (Å²) < 4.78 is 19.9. The van der Waals surface area contributed by atoms with Crippen molar-refractivity contribution < 1.29 is 18.7 Å². The molecule has 3 rings (SSSR count). The van der Waals surface area contributed by atoms with Crippen molar-refractivity contribution in [2.45, 2.75) is 37.4 Å². The topological polar surface area (TPSA) is 58.6 Å². The van der Waals surface area contributed by atoms with E-state index in [1.165, 1.54) is 12.1 Å². The van der Waals surface area contributed by atoms with Crippen LogP contribution >= 0.6 is 11.8 Å². The number of halogens is 1. The van der Waals surface area contributed by atoms with Gasteiger partial charge in [0.1, 0.15) is 5.82 Å². The van der Waals surface area contributed by atoms with Crippen molar-refractivity contribution in [3.8, 4) is 0 Å². The number of hydrogen-bond acceptors (Lipinski definition) is 4. The summed E-state index contributed by atoms with van der Waals surface area (Å²) in [6.07, 6.45) is 5.37. The van der Waals surface area contributed by atoms with Crippen molar-refractivity contribution in [1.82, 2.24) is 10.2 Å². The lowest BCUT2D eigenvalue weighted by atomic mass is 9.88. The lowest BCUT2D eigenvalue weighted by molar-refractivity contribution is -0.134. The molecule has 1 spiro atoms. The van der Waals surface area contributed by atoms with Crippen LogP contribution in [-0.4, -0.2) is 60.1 Å². The highest BCUT2D eigenvalue weighted by Gasteiger charge is 2.43. The number of likely N-dealkylation sites (tertiary alicyclic amines) is 1. The third kappa shape index (κ3) is 4.38. The Morgan fingerprint density at radius 1 is 1.31 bits per heavy atom. The molecule has 5 nitrogen and oxygen atoms in total. The van der Waals surface area contributed by atoms with Gasteiger partial charge in [0.25, 0.3) is 5.91 Å². The lowest BCUT2D eigenvalue weighted by Crippen LogP contribution is -2.47. The largest absolute Gasteiger partial charge is 0.370 e. The molecule has 142 valence electrons. The van der Waals surface area contributed by atoms with Crippen LogP contribution in [0.3, 0.4) is 0 Å². The first-order valence-electron chi connectivity index (χ1n) is 9.00. The zero-order valence-electron chi connectivity index (χ0n) is 15.0. The predicted molar refractivity (Wildman–Crippen MR) is 99.8 cm³/mol. The number of carbonyl (C=O) groups is 2. The highest BCUT2D eigenvalue weighted by atomic mass is 32.2. The van der Waals surface area contributed by atoms with Crippen molar-refractivity contribution in [3.63, 3.8) is 0 Å². The summed E-state index contributed by atoms with van der Waals surface area (Å²) in [6, 6.07) is 5.96. The highest BCUT2D eigenvalue weighted by molar-refractivity contribution is 7.99. The van der Waals surface area contributed by atoms with E-state index in [1.54, 1.807) is 23.9 Å². The van der Waals surface area contributed by atoms with E-state index < -0.39 is 11.7 Å². The number of carbonyl (C=O) groups excluding carboxylic acids is 2. The van der Waals surface area contributed by atoms with Crippen LogP contribution in [0, 0.1) is 5.82 Å². The Morgan fingerprint density at radius 2 is 2.04 bits per heavy atom. The van der Waals surface area contributed by atoms with Gasteiger partial charge in [0.15, 0.2) is 0 Å². The average Bonchev–Trinajstić information content (AvgIpc) is 3.03. The Hall–Kier alpha value is -1.60. The minimum Gasteiger partial charge on any atom is -0.370 e. The zero-order valence-corrected chi connectivity index (χ0v) is 15.8. The van der Waals surface area contributed by atoms with Crippen molar-refractivity contribution in [3.05, 3.63) is 35.6 Å². The number of benzene rings is 1. The monoisotopic (exact) mass is 380 g/mol. The quantitative estimate of drug-likeness (QED) is 0.853. The zero-order chi connectivity index (χ0) is 18.6. The Labute approximate surface area is 157 Å². The van der Waals surface area contributed by atoms with Gasteiger partial charge in [-0.3, -0.25) is 9.59 Å². The molecule has 0 aromatic heterocycles. The van der Waals surface area contributed by atoms with Crippen LogP contribution in [0.1, 0.15) is 36.0 Å². The second-order valence-electron chi connectivity index (χ2n) is 6.97. The fraction of sp³-hybridized carbons (Fsp3) is 0.579. The molecule has 2 amide bonds. The first kappa shape index (κ1) is 19.2. The number of thioether (sulfide) groups is 1. The summed E-state index contributed by atoms with van der Waals surface area (Å²) >= 11 is 1.55. The standard InChI is InChI=1S/C19H25FN2O3S/c1-26-13-17(23)22-10-8-19(9-11-22)7-6-14(25-19)12-21-18(24)15-4-2-3-5-16(15)20/h2-5,14H,6-13H2,1H3,(H,21,24). The molecule has 2 aliphatic heterocycles. The number of ether oxygens (including phenoxy) is 1. The van der Waals surface area contributed by atoms with Gasteiger partial charge in [0.2, 0.25) is 5.91 Å². The Morgan fingerprint density at radius 3 is 2.73 bits per heavy atom. The maximum absolute atomic E-state index is 13.7. The SMILES string of the molecule is CSCC(=O)N1CCC2(CCC(CNC(=O)c3ccccc3F)O2)CC1.